The van der Waals surface area contributed by atoms with Gasteiger partial charge in [-0.3, -0.25) is 14.9 Å². The van der Waals surface area contributed by atoms with Gasteiger partial charge in [0.2, 0.25) is 0 Å². The van der Waals surface area contributed by atoms with Crippen LogP contribution in [-0.2, 0) is 19.0 Å². The van der Waals surface area contributed by atoms with Gasteiger partial charge in [-0.15, -0.1) is 0 Å². The van der Waals surface area contributed by atoms with Crippen molar-refractivity contribution in [3.8, 4) is 0 Å². The minimum Gasteiger partial charge on any atom is -0.464 e. The molecule has 0 aromatic heterocycles. The number of aliphatic hydroxyl groups excluding tert-OH is 1. The van der Waals surface area contributed by atoms with E-state index in [1.807, 2.05) is 38.1 Å². The molecule has 0 saturated heterocycles. The van der Waals surface area contributed by atoms with E-state index >= 15 is 0 Å². The summed E-state index contributed by atoms with van der Waals surface area (Å²) in [5.41, 5.74) is 12.7. The average Bonchev–Trinajstić information content (AvgIpc) is 2.95. The van der Waals surface area contributed by atoms with Crippen LogP contribution in [0.15, 0.2) is 48.5 Å². The first kappa shape index (κ1) is 42.6. The van der Waals surface area contributed by atoms with Gasteiger partial charge in [-0.1, -0.05) is 41.5 Å². The zero-order valence-corrected chi connectivity index (χ0v) is 31.0. The first-order valence-electron chi connectivity index (χ1n) is 16.7. The normalized spacial score (nSPS) is 12.9. The number of nitrogen functional groups attached to an aromatic ring is 2. The molecule has 48 heavy (non-hydrogen) atoms. The number of non-ortho nitro benzene ring substituents is 1. The first-order valence-corrected chi connectivity index (χ1v) is 16.7. The summed E-state index contributed by atoms with van der Waals surface area (Å²) in [6.45, 7) is 23.6. The molecule has 1 atom stereocenters. The van der Waals surface area contributed by atoms with E-state index in [0.717, 1.165) is 18.5 Å². The van der Waals surface area contributed by atoms with Crippen molar-refractivity contribution in [1.29, 1.82) is 0 Å². The van der Waals surface area contributed by atoms with E-state index in [-0.39, 0.29) is 46.2 Å². The van der Waals surface area contributed by atoms with Crippen LogP contribution in [0.4, 0.5) is 22.7 Å². The predicted molar refractivity (Wildman–Crippen MR) is 195 cm³/mol. The zero-order chi connectivity index (χ0) is 36.8. The highest BCUT2D eigenvalue weighted by molar-refractivity contribution is 5.73. The summed E-state index contributed by atoms with van der Waals surface area (Å²) in [6, 6.07) is 13.5. The fourth-order valence-corrected chi connectivity index (χ4v) is 4.78. The van der Waals surface area contributed by atoms with E-state index in [0.29, 0.717) is 50.7 Å². The van der Waals surface area contributed by atoms with Crippen LogP contribution < -0.4 is 16.4 Å². The third-order valence-corrected chi connectivity index (χ3v) is 7.88. The molecule has 5 N–H and O–H groups in total. The summed E-state index contributed by atoms with van der Waals surface area (Å²) in [7, 11) is 0. The number of benzene rings is 2. The molecule has 0 radical (unpaired) electrons. The number of aliphatic hydroxyl groups is 1. The highest BCUT2D eigenvalue weighted by atomic mass is 16.6. The van der Waals surface area contributed by atoms with Crippen LogP contribution in [0.3, 0.4) is 0 Å². The number of hydrogen-bond donors (Lipinski definition) is 3. The Morgan fingerprint density at radius 2 is 1.27 bits per heavy atom. The molecule has 0 saturated carbocycles. The number of anilines is 3. The second-order valence-electron chi connectivity index (χ2n) is 15.7. The van der Waals surface area contributed by atoms with Crippen LogP contribution in [0.25, 0.3) is 0 Å². The zero-order valence-electron chi connectivity index (χ0n) is 31.0. The maximum absolute atomic E-state index is 13.1. The van der Waals surface area contributed by atoms with Crippen LogP contribution in [-0.4, -0.2) is 66.7 Å². The number of carbonyl (C=O) groups is 1. The maximum atomic E-state index is 13.1. The van der Waals surface area contributed by atoms with Crippen LogP contribution >= 0.6 is 0 Å². The highest BCUT2D eigenvalue weighted by Gasteiger charge is 2.36. The summed E-state index contributed by atoms with van der Waals surface area (Å²) < 4.78 is 18.0. The molecule has 1 unspecified atom stereocenters. The molecule has 0 spiro atoms. The molecule has 0 aliphatic rings. The van der Waals surface area contributed by atoms with Gasteiger partial charge in [-0.25, -0.2) is 0 Å². The fraction of sp³-hybridized carbons (Fsp3) is 0.649. The Hall–Kier alpha value is -3.41. The summed E-state index contributed by atoms with van der Waals surface area (Å²) in [6.07, 6.45) is 2.12. The van der Waals surface area contributed by atoms with E-state index < -0.39 is 4.92 Å². The number of esters is 1. The number of nitrogens with zero attached hydrogens (tertiary/aromatic N) is 2. The molecule has 272 valence electrons. The molecule has 11 nitrogen and oxygen atoms in total. The SMILES string of the molecule is CC(C)(C)CC(C(=O)OCCN(CCOC(C)(C)CCOC(C)(C)CCO)c1ccc(N)cc1)C(C)(C)C.Nc1ccc([N+](=O)[O-])cc1. The van der Waals surface area contributed by atoms with E-state index in [1.54, 1.807) is 0 Å². The van der Waals surface area contributed by atoms with Gasteiger partial charge in [0.15, 0.2) is 0 Å². The number of nitro benzene ring substituents is 1. The molecule has 2 rings (SSSR count). The van der Waals surface area contributed by atoms with Crippen molar-refractivity contribution in [3.63, 3.8) is 0 Å². The van der Waals surface area contributed by atoms with Crippen molar-refractivity contribution in [2.24, 2.45) is 16.7 Å². The number of nitro groups is 1. The van der Waals surface area contributed by atoms with Crippen molar-refractivity contribution in [3.05, 3.63) is 58.6 Å². The molecule has 0 fully saturated rings. The topological polar surface area (TPSA) is 163 Å². The van der Waals surface area contributed by atoms with Gasteiger partial charge < -0.3 is 35.7 Å². The van der Waals surface area contributed by atoms with Crippen LogP contribution in [0, 0.1) is 26.9 Å². The summed E-state index contributed by atoms with van der Waals surface area (Å²) in [4.78, 5) is 24.9. The molecule has 2 aromatic carbocycles. The quantitative estimate of drug-likeness (QED) is 0.0673. The number of rotatable bonds is 17. The second-order valence-corrected chi connectivity index (χ2v) is 15.7. The Balaban J connectivity index is 0.000000975. The summed E-state index contributed by atoms with van der Waals surface area (Å²) in [5.74, 6) is -0.299. The summed E-state index contributed by atoms with van der Waals surface area (Å²) >= 11 is 0. The van der Waals surface area contributed by atoms with E-state index in [4.69, 9.17) is 25.7 Å². The van der Waals surface area contributed by atoms with Gasteiger partial charge in [-0.2, -0.15) is 0 Å². The number of nitrogens with two attached hydrogens (primary N) is 2. The van der Waals surface area contributed by atoms with Crippen molar-refractivity contribution in [2.75, 3.05) is 55.9 Å². The Morgan fingerprint density at radius 1 is 0.792 bits per heavy atom. The minimum absolute atomic E-state index is 0.0384. The van der Waals surface area contributed by atoms with E-state index in [2.05, 4.69) is 60.3 Å². The van der Waals surface area contributed by atoms with Crippen molar-refractivity contribution < 1.29 is 29.0 Å². The Kier molecular flexibility index (Phi) is 16.8. The second kappa shape index (κ2) is 19.0. The summed E-state index contributed by atoms with van der Waals surface area (Å²) in [5, 5.41) is 19.3. The van der Waals surface area contributed by atoms with Gasteiger partial charge in [0, 0.05) is 42.3 Å². The van der Waals surface area contributed by atoms with Crippen LogP contribution in [0.1, 0.15) is 88.5 Å². The number of ether oxygens (including phenoxy) is 3. The monoisotopic (exact) mass is 674 g/mol. The fourth-order valence-electron chi connectivity index (χ4n) is 4.78. The first-order chi connectivity index (χ1) is 22.0. The minimum atomic E-state index is -0.459. The standard InChI is InChI=1S/C31H56N2O5.C6H6N2O2/c1-28(2,3)23-26(29(4,5)6)27(35)36-21-17-33(25-13-11-24(32)12-14-25)18-22-38-31(9,10)16-20-37-30(7,8)15-19-34;7-5-1-3-6(4-2-5)8(9)10/h11-14,26,34H,15-23,32H2,1-10H3;1-4H,7H2. The van der Waals surface area contributed by atoms with E-state index in [9.17, 15) is 20.0 Å². The molecule has 2 aromatic rings. The molecule has 11 heteroatoms. The number of hydrogen-bond acceptors (Lipinski definition) is 10. The molecule has 0 aliphatic carbocycles. The Bertz CT molecular complexity index is 1230. The molecule has 0 aliphatic heterocycles. The molecule has 0 bridgehead atoms. The average molecular weight is 675 g/mol. The third-order valence-electron chi connectivity index (χ3n) is 7.88. The lowest BCUT2D eigenvalue weighted by molar-refractivity contribution is -0.384. The van der Waals surface area contributed by atoms with E-state index in [1.165, 1.54) is 24.3 Å². The van der Waals surface area contributed by atoms with Gasteiger partial charge in [0.1, 0.15) is 6.61 Å². The lowest BCUT2D eigenvalue weighted by atomic mass is 9.72. The lowest BCUT2D eigenvalue weighted by Crippen LogP contribution is -2.37. The van der Waals surface area contributed by atoms with Gasteiger partial charge in [-0.05, 0) is 94.2 Å². The van der Waals surface area contributed by atoms with Gasteiger partial charge in [0.25, 0.3) is 5.69 Å². The van der Waals surface area contributed by atoms with Crippen molar-refractivity contribution in [2.45, 2.75) is 99.7 Å². The smallest absolute Gasteiger partial charge is 0.309 e. The number of carbonyl (C=O) groups excluding carboxylic acids is 1. The predicted octanol–water partition coefficient (Wildman–Crippen LogP) is 7.26. The maximum Gasteiger partial charge on any atom is 0.309 e. The van der Waals surface area contributed by atoms with Crippen LogP contribution in [0.5, 0.6) is 0 Å². The lowest BCUT2D eigenvalue weighted by Gasteiger charge is -2.34. The van der Waals surface area contributed by atoms with Gasteiger partial charge >= 0.3 is 5.97 Å². The van der Waals surface area contributed by atoms with Gasteiger partial charge in [0.05, 0.1) is 41.8 Å². The Morgan fingerprint density at radius 3 is 1.75 bits per heavy atom. The molecule has 0 heterocycles. The van der Waals surface area contributed by atoms with Crippen molar-refractivity contribution >= 4 is 28.7 Å². The molecular weight excluding hydrogens is 612 g/mol. The highest BCUT2D eigenvalue weighted by Crippen LogP contribution is 2.36. The molecule has 0 amide bonds. The Labute approximate surface area is 288 Å². The largest absolute Gasteiger partial charge is 0.464 e. The third kappa shape index (κ3) is 17.7. The van der Waals surface area contributed by atoms with Crippen LogP contribution in [0.2, 0.25) is 0 Å². The molecular formula is C37H62N4O7. The van der Waals surface area contributed by atoms with Crippen molar-refractivity contribution in [1.82, 2.24) is 0 Å².